The van der Waals surface area contributed by atoms with Crippen molar-refractivity contribution in [2.45, 2.75) is 17.7 Å². The van der Waals surface area contributed by atoms with Crippen molar-refractivity contribution in [3.63, 3.8) is 0 Å². The first-order valence-electron chi connectivity index (χ1n) is 9.17. The summed E-state index contributed by atoms with van der Waals surface area (Å²) in [6, 6.07) is 11.6. The number of para-hydroxylation sites is 1. The molecule has 0 N–H and O–H groups in total. The number of piperidine rings is 1. The van der Waals surface area contributed by atoms with Gasteiger partial charge in [0, 0.05) is 13.1 Å². The lowest BCUT2D eigenvalue weighted by Gasteiger charge is -2.30. The summed E-state index contributed by atoms with van der Waals surface area (Å²) in [5.41, 5.74) is 0. The summed E-state index contributed by atoms with van der Waals surface area (Å²) in [7, 11) is -3.79. The van der Waals surface area contributed by atoms with Crippen LogP contribution in [-0.4, -0.2) is 45.0 Å². The zero-order valence-corrected chi connectivity index (χ0v) is 17.2. The third kappa shape index (κ3) is 5.46. The molecule has 0 amide bonds. The average molecular weight is 442 g/mol. The van der Waals surface area contributed by atoms with E-state index in [9.17, 15) is 17.6 Å². The largest absolute Gasteiger partial charge is 0.488 e. The molecule has 9 heteroatoms. The van der Waals surface area contributed by atoms with Crippen LogP contribution in [0.15, 0.2) is 53.4 Å². The summed E-state index contributed by atoms with van der Waals surface area (Å²) in [5.74, 6) is -1.03. The molecular formula is C20H21ClFNO5S. The monoisotopic (exact) mass is 441 g/mol. The quantitative estimate of drug-likeness (QED) is 0.485. The Hall–Kier alpha value is -2.16. The number of ether oxygens (including phenoxy) is 2. The van der Waals surface area contributed by atoms with E-state index in [0.717, 1.165) is 12.1 Å². The van der Waals surface area contributed by atoms with E-state index in [-0.39, 0.29) is 24.7 Å². The fourth-order valence-corrected chi connectivity index (χ4v) is 4.80. The van der Waals surface area contributed by atoms with Gasteiger partial charge in [0.25, 0.3) is 0 Å². The molecule has 6 nitrogen and oxygen atoms in total. The summed E-state index contributed by atoms with van der Waals surface area (Å²) in [6.07, 6.45) is 1.08. The highest BCUT2D eigenvalue weighted by Gasteiger charge is 2.34. The van der Waals surface area contributed by atoms with Crippen LogP contribution in [0.5, 0.6) is 5.75 Å². The van der Waals surface area contributed by atoms with Crippen LogP contribution >= 0.6 is 11.6 Å². The fraction of sp³-hybridized carbons (Fsp3) is 0.350. The van der Waals surface area contributed by atoms with Crippen molar-refractivity contribution in [1.82, 2.24) is 4.31 Å². The van der Waals surface area contributed by atoms with Gasteiger partial charge in [-0.1, -0.05) is 23.7 Å². The summed E-state index contributed by atoms with van der Waals surface area (Å²) in [5, 5.41) is 0.466. The van der Waals surface area contributed by atoms with Gasteiger partial charge in [0.15, 0.2) is 0 Å². The minimum absolute atomic E-state index is 0.000979. The van der Waals surface area contributed by atoms with E-state index in [1.54, 1.807) is 24.3 Å². The summed E-state index contributed by atoms with van der Waals surface area (Å²) in [4.78, 5) is 12.4. The average Bonchev–Trinajstić information content (AvgIpc) is 2.72. The highest BCUT2D eigenvalue weighted by Crippen LogP contribution is 2.25. The number of carbonyl (C=O) groups excluding carboxylic acids is 1. The molecule has 1 saturated heterocycles. The summed E-state index contributed by atoms with van der Waals surface area (Å²) in [6.45, 7) is 0.508. The van der Waals surface area contributed by atoms with E-state index in [2.05, 4.69) is 0 Å². The molecular weight excluding hydrogens is 421 g/mol. The molecule has 0 bridgehead atoms. The molecule has 2 aromatic carbocycles. The van der Waals surface area contributed by atoms with Gasteiger partial charge >= 0.3 is 5.97 Å². The maximum absolute atomic E-state index is 13.1. The Kier molecular flexibility index (Phi) is 7.10. The Morgan fingerprint density at radius 1 is 1.14 bits per heavy atom. The first-order valence-corrected chi connectivity index (χ1v) is 11.0. The lowest BCUT2D eigenvalue weighted by Crippen LogP contribution is -2.42. The van der Waals surface area contributed by atoms with Gasteiger partial charge in [-0.05, 0) is 49.2 Å². The van der Waals surface area contributed by atoms with Gasteiger partial charge < -0.3 is 9.47 Å². The van der Waals surface area contributed by atoms with Crippen LogP contribution in [0.3, 0.4) is 0 Å². The molecule has 0 saturated carbocycles. The Balaban J connectivity index is 1.52. The van der Waals surface area contributed by atoms with Crippen LogP contribution in [0.1, 0.15) is 12.8 Å². The van der Waals surface area contributed by atoms with Gasteiger partial charge in [-0.25, -0.2) is 12.8 Å². The SMILES string of the molecule is O=C(OCCOc1ccccc1Cl)C1CCCN(S(=O)(=O)c2ccc(F)cc2)C1. The molecule has 0 radical (unpaired) electrons. The molecule has 1 unspecified atom stereocenters. The van der Waals surface area contributed by atoms with E-state index in [1.807, 2.05) is 0 Å². The van der Waals surface area contributed by atoms with Crippen molar-refractivity contribution in [3.05, 3.63) is 59.4 Å². The van der Waals surface area contributed by atoms with Crippen molar-refractivity contribution in [2.75, 3.05) is 26.3 Å². The number of esters is 1. The van der Waals surface area contributed by atoms with Crippen molar-refractivity contribution in [1.29, 1.82) is 0 Å². The maximum atomic E-state index is 13.1. The standard InChI is InChI=1S/C20H21ClFNO5S/c21-18-5-1-2-6-19(18)27-12-13-28-20(24)15-4-3-11-23(14-15)29(25,26)17-9-7-16(22)8-10-17/h1-2,5-10,15H,3-4,11-14H2. The number of carbonyl (C=O) groups is 1. The Labute approximate surface area is 174 Å². The Morgan fingerprint density at radius 2 is 1.86 bits per heavy atom. The van der Waals surface area contributed by atoms with Crippen molar-refractivity contribution in [2.24, 2.45) is 5.92 Å². The van der Waals surface area contributed by atoms with E-state index in [1.165, 1.54) is 16.4 Å². The highest BCUT2D eigenvalue weighted by atomic mass is 35.5. The first kappa shape index (κ1) is 21.5. The summed E-state index contributed by atoms with van der Waals surface area (Å²) >= 11 is 5.99. The van der Waals surface area contributed by atoms with Gasteiger partial charge in [0.1, 0.15) is 24.8 Å². The normalized spacial score (nSPS) is 17.7. The second-order valence-corrected chi connectivity index (χ2v) is 8.95. The first-order chi connectivity index (χ1) is 13.9. The second kappa shape index (κ2) is 9.56. The third-order valence-corrected chi connectivity index (χ3v) is 6.78. The maximum Gasteiger partial charge on any atom is 0.310 e. The zero-order valence-electron chi connectivity index (χ0n) is 15.6. The van der Waals surface area contributed by atoms with Gasteiger partial charge in [-0.2, -0.15) is 4.31 Å². The molecule has 1 aliphatic rings. The molecule has 0 aromatic heterocycles. The summed E-state index contributed by atoms with van der Waals surface area (Å²) < 4.78 is 50.5. The van der Waals surface area contributed by atoms with E-state index in [0.29, 0.717) is 30.2 Å². The van der Waals surface area contributed by atoms with Crippen LogP contribution in [0, 0.1) is 11.7 Å². The minimum Gasteiger partial charge on any atom is -0.488 e. The minimum atomic E-state index is -3.79. The predicted octanol–water partition coefficient (Wildman–Crippen LogP) is 3.50. The molecule has 0 spiro atoms. The molecule has 0 aliphatic carbocycles. The Bertz CT molecular complexity index is 952. The fourth-order valence-electron chi connectivity index (χ4n) is 3.08. The van der Waals surface area contributed by atoms with Gasteiger partial charge in [0.05, 0.1) is 15.8 Å². The van der Waals surface area contributed by atoms with Gasteiger partial charge in [-0.15, -0.1) is 0 Å². The molecule has 3 rings (SSSR count). The van der Waals surface area contributed by atoms with E-state index in [4.69, 9.17) is 21.1 Å². The lowest BCUT2D eigenvalue weighted by molar-refractivity contribution is -0.150. The topological polar surface area (TPSA) is 72.9 Å². The number of hydrogen-bond acceptors (Lipinski definition) is 5. The van der Waals surface area contributed by atoms with E-state index < -0.39 is 27.7 Å². The van der Waals surface area contributed by atoms with Gasteiger partial charge in [0.2, 0.25) is 10.0 Å². The van der Waals surface area contributed by atoms with Crippen molar-refractivity contribution >= 4 is 27.6 Å². The molecule has 29 heavy (non-hydrogen) atoms. The number of hydrogen-bond donors (Lipinski definition) is 0. The van der Waals surface area contributed by atoms with Crippen LogP contribution in [0.2, 0.25) is 5.02 Å². The van der Waals surface area contributed by atoms with Crippen molar-refractivity contribution in [3.8, 4) is 5.75 Å². The van der Waals surface area contributed by atoms with Crippen LogP contribution in [0.25, 0.3) is 0 Å². The number of halogens is 2. The van der Waals surface area contributed by atoms with Crippen LogP contribution in [0.4, 0.5) is 4.39 Å². The van der Waals surface area contributed by atoms with Crippen LogP contribution < -0.4 is 4.74 Å². The number of benzene rings is 2. The van der Waals surface area contributed by atoms with E-state index >= 15 is 0 Å². The Morgan fingerprint density at radius 3 is 2.59 bits per heavy atom. The lowest BCUT2D eigenvalue weighted by atomic mass is 10.0. The number of nitrogens with zero attached hydrogens (tertiary/aromatic N) is 1. The second-order valence-electron chi connectivity index (χ2n) is 6.60. The number of sulfonamides is 1. The highest BCUT2D eigenvalue weighted by molar-refractivity contribution is 7.89. The number of rotatable bonds is 7. The zero-order chi connectivity index (χ0) is 20.9. The third-order valence-electron chi connectivity index (χ3n) is 4.59. The smallest absolute Gasteiger partial charge is 0.310 e. The molecule has 1 fully saturated rings. The van der Waals surface area contributed by atoms with Crippen LogP contribution in [-0.2, 0) is 19.6 Å². The molecule has 1 aliphatic heterocycles. The van der Waals surface area contributed by atoms with Crippen molar-refractivity contribution < 1.29 is 27.1 Å². The molecule has 156 valence electrons. The molecule has 1 atom stereocenters. The predicted molar refractivity (Wildman–Crippen MR) is 106 cm³/mol. The van der Waals surface area contributed by atoms with Gasteiger partial charge in [-0.3, -0.25) is 4.79 Å². The molecule has 2 aromatic rings. The molecule has 1 heterocycles.